The fourth-order valence-electron chi connectivity index (χ4n) is 2.57. The van der Waals surface area contributed by atoms with Gasteiger partial charge in [0.15, 0.2) is 0 Å². The molecule has 0 saturated carbocycles. The molecule has 110 valence electrons. The van der Waals surface area contributed by atoms with Crippen molar-refractivity contribution in [1.29, 1.82) is 0 Å². The van der Waals surface area contributed by atoms with Gasteiger partial charge in [-0.05, 0) is 25.0 Å². The lowest BCUT2D eigenvalue weighted by Gasteiger charge is -2.19. The molecular formula is C19H17NO2. The smallest absolute Gasteiger partial charge is 0.250 e. The van der Waals surface area contributed by atoms with Gasteiger partial charge in [0.1, 0.15) is 0 Å². The zero-order valence-corrected chi connectivity index (χ0v) is 12.6. The minimum Gasteiger partial charge on any atom is -0.375 e. The highest BCUT2D eigenvalue weighted by Gasteiger charge is 2.23. The summed E-state index contributed by atoms with van der Waals surface area (Å²) in [6, 6.07) is 17.5. The van der Waals surface area contributed by atoms with Crippen LogP contribution in [0.3, 0.4) is 0 Å². The summed E-state index contributed by atoms with van der Waals surface area (Å²) in [6.45, 7) is 3.97. The highest BCUT2D eigenvalue weighted by molar-refractivity contribution is 5.82. The molecule has 3 rings (SSSR count). The minimum absolute atomic E-state index is 0.0336. The fraction of sp³-hybridized carbons (Fsp3) is 0.158. The summed E-state index contributed by atoms with van der Waals surface area (Å²) in [6.07, 6.45) is 0. The lowest BCUT2D eigenvalue weighted by atomic mass is 9.96. The van der Waals surface area contributed by atoms with Crippen LogP contribution in [0, 0.1) is 6.92 Å². The first kappa shape index (κ1) is 14.3. The van der Waals surface area contributed by atoms with Crippen LogP contribution in [0.25, 0.3) is 11.1 Å². The van der Waals surface area contributed by atoms with E-state index in [1.165, 1.54) is 0 Å². The van der Waals surface area contributed by atoms with E-state index in [0.29, 0.717) is 11.3 Å². The van der Waals surface area contributed by atoms with Crippen molar-refractivity contribution in [1.82, 2.24) is 0 Å². The number of benzene rings is 2. The lowest BCUT2D eigenvalue weighted by Crippen LogP contribution is -2.36. The van der Waals surface area contributed by atoms with Crippen LogP contribution in [-0.4, -0.2) is 0 Å². The molecule has 0 aromatic heterocycles. The second kappa shape index (κ2) is 5.60. The first-order valence-electron chi connectivity index (χ1n) is 7.29. The molecule has 0 heterocycles. The van der Waals surface area contributed by atoms with Crippen LogP contribution in [0.5, 0.6) is 0 Å². The Balaban J connectivity index is 1.93. The maximum atomic E-state index is 11.9. The van der Waals surface area contributed by atoms with Crippen molar-refractivity contribution >= 4 is 5.69 Å². The summed E-state index contributed by atoms with van der Waals surface area (Å²) >= 11 is 0. The van der Waals surface area contributed by atoms with Crippen LogP contribution in [0.4, 0.5) is 5.69 Å². The third kappa shape index (κ3) is 2.46. The van der Waals surface area contributed by atoms with Crippen molar-refractivity contribution in [2.24, 2.45) is 0 Å². The van der Waals surface area contributed by atoms with Gasteiger partial charge in [-0.2, -0.15) is 0 Å². The number of nitrogens with one attached hydrogen (secondary N) is 1. The van der Waals surface area contributed by atoms with E-state index in [1.807, 2.05) is 68.4 Å². The Labute approximate surface area is 128 Å². The normalized spacial score (nSPS) is 12.3. The molecule has 3 nitrogen and oxygen atoms in total. The molecule has 1 atom stereocenters. The quantitative estimate of drug-likeness (QED) is 0.749. The van der Waals surface area contributed by atoms with Crippen LogP contribution in [0.1, 0.15) is 24.1 Å². The Morgan fingerprint density at radius 3 is 2.14 bits per heavy atom. The molecule has 0 aliphatic heterocycles. The predicted molar refractivity (Wildman–Crippen MR) is 90.0 cm³/mol. The van der Waals surface area contributed by atoms with Gasteiger partial charge in [-0.25, -0.2) is 0 Å². The Morgan fingerprint density at radius 1 is 0.864 bits per heavy atom. The molecule has 0 amide bonds. The minimum atomic E-state index is -0.432. The summed E-state index contributed by atoms with van der Waals surface area (Å²) in [5.74, 6) is 0. The molecular weight excluding hydrogens is 274 g/mol. The standard InChI is InChI=1S/C19H17NO2/c1-12-8-10-15(11-9-12)16-17(19(22)18(16)21)20-13(2)14-6-4-3-5-7-14/h3-11,13,20H,1-2H3/t13-/m0/s1. The average Bonchev–Trinajstić information content (AvgIpc) is 2.56. The molecule has 0 spiro atoms. The molecule has 0 aliphatic rings. The van der Waals surface area contributed by atoms with E-state index in [4.69, 9.17) is 0 Å². The van der Waals surface area contributed by atoms with Crippen LogP contribution in [0.15, 0.2) is 64.2 Å². The molecule has 3 aromatic rings. The van der Waals surface area contributed by atoms with Crippen LogP contribution < -0.4 is 16.2 Å². The summed E-state index contributed by atoms with van der Waals surface area (Å²) in [5.41, 5.74) is 3.06. The van der Waals surface area contributed by atoms with E-state index in [9.17, 15) is 9.59 Å². The largest absolute Gasteiger partial charge is 0.375 e. The van der Waals surface area contributed by atoms with E-state index in [2.05, 4.69) is 5.32 Å². The first-order valence-corrected chi connectivity index (χ1v) is 7.29. The van der Waals surface area contributed by atoms with Gasteiger partial charge in [0, 0.05) is 6.04 Å². The average molecular weight is 291 g/mol. The van der Waals surface area contributed by atoms with E-state index in [0.717, 1.165) is 16.7 Å². The van der Waals surface area contributed by atoms with Crippen LogP contribution >= 0.6 is 0 Å². The lowest BCUT2D eigenvalue weighted by molar-refractivity contribution is 0.880. The number of hydrogen-bond donors (Lipinski definition) is 1. The zero-order chi connectivity index (χ0) is 15.7. The monoisotopic (exact) mass is 291 g/mol. The summed E-state index contributed by atoms with van der Waals surface area (Å²) in [5, 5.41) is 3.19. The van der Waals surface area contributed by atoms with Crippen molar-refractivity contribution in [2.75, 3.05) is 5.32 Å². The molecule has 0 aliphatic carbocycles. The molecule has 22 heavy (non-hydrogen) atoms. The topological polar surface area (TPSA) is 46.2 Å². The highest BCUT2D eigenvalue weighted by Crippen LogP contribution is 2.27. The van der Waals surface area contributed by atoms with Crippen molar-refractivity contribution < 1.29 is 0 Å². The molecule has 0 saturated heterocycles. The number of aryl methyl sites for hydroxylation is 1. The second-order valence-electron chi connectivity index (χ2n) is 5.55. The Hall–Kier alpha value is -2.68. The summed E-state index contributed by atoms with van der Waals surface area (Å²) in [4.78, 5) is 23.8. The van der Waals surface area contributed by atoms with E-state index < -0.39 is 10.9 Å². The third-order valence-corrected chi connectivity index (χ3v) is 3.91. The van der Waals surface area contributed by atoms with Gasteiger partial charge in [-0.15, -0.1) is 0 Å². The Bertz CT molecular complexity index is 857. The molecule has 0 radical (unpaired) electrons. The van der Waals surface area contributed by atoms with Crippen molar-refractivity contribution in [3.8, 4) is 11.1 Å². The molecule has 0 fully saturated rings. The van der Waals surface area contributed by atoms with Crippen molar-refractivity contribution in [2.45, 2.75) is 19.9 Å². The highest BCUT2D eigenvalue weighted by atomic mass is 16.2. The van der Waals surface area contributed by atoms with Crippen LogP contribution in [-0.2, 0) is 0 Å². The Kier molecular flexibility index (Phi) is 3.63. The summed E-state index contributed by atoms with van der Waals surface area (Å²) < 4.78 is 0. The van der Waals surface area contributed by atoms with Gasteiger partial charge in [-0.1, -0.05) is 60.2 Å². The van der Waals surface area contributed by atoms with Gasteiger partial charge in [0.25, 0.3) is 0 Å². The van der Waals surface area contributed by atoms with E-state index in [-0.39, 0.29) is 6.04 Å². The maximum absolute atomic E-state index is 11.9. The van der Waals surface area contributed by atoms with Gasteiger partial charge < -0.3 is 5.32 Å². The van der Waals surface area contributed by atoms with Gasteiger partial charge in [0.2, 0.25) is 10.9 Å². The maximum Gasteiger partial charge on any atom is 0.250 e. The van der Waals surface area contributed by atoms with Gasteiger partial charge >= 0.3 is 0 Å². The second-order valence-corrected chi connectivity index (χ2v) is 5.55. The number of anilines is 1. The molecule has 0 bridgehead atoms. The molecule has 0 unspecified atom stereocenters. The van der Waals surface area contributed by atoms with Crippen LogP contribution in [0.2, 0.25) is 0 Å². The van der Waals surface area contributed by atoms with Crippen molar-refractivity contribution in [3.05, 3.63) is 86.2 Å². The third-order valence-electron chi connectivity index (χ3n) is 3.91. The van der Waals surface area contributed by atoms with Gasteiger partial charge in [-0.3, -0.25) is 9.59 Å². The van der Waals surface area contributed by atoms with Crippen molar-refractivity contribution in [3.63, 3.8) is 0 Å². The molecule has 1 N–H and O–H groups in total. The Morgan fingerprint density at radius 2 is 1.50 bits per heavy atom. The number of rotatable bonds is 4. The van der Waals surface area contributed by atoms with E-state index in [1.54, 1.807) is 0 Å². The van der Waals surface area contributed by atoms with E-state index >= 15 is 0 Å². The molecule has 3 heteroatoms. The zero-order valence-electron chi connectivity index (χ0n) is 12.6. The fourth-order valence-corrected chi connectivity index (χ4v) is 2.57. The summed E-state index contributed by atoms with van der Waals surface area (Å²) in [7, 11) is 0. The number of hydrogen-bond acceptors (Lipinski definition) is 3. The van der Waals surface area contributed by atoms with Gasteiger partial charge in [0.05, 0.1) is 11.3 Å². The SMILES string of the molecule is Cc1ccc(-c2c(N[C@@H](C)c3ccccc3)c(=O)c2=O)cc1. The molecule has 3 aromatic carbocycles. The first-order chi connectivity index (χ1) is 10.6. The predicted octanol–water partition coefficient (Wildman–Crippen LogP) is 3.43.